The molecule has 0 atom stereocenters. The number of carbonyl (C=O) groups excluding carboxylic acids is 1. The van der Waals surface area contributed by atoms with E-state index < -0.39 is 0 Å². The number of nitrogens with one attached hydrogen (secondary N) is 2. The average Bonchev–Trinajstić information content (AvgIpc) is 3.03. The van der Waals surface area contributed by atoms with Crippen LogP contribution >= 0.6 is 0 Å². The molecule has 0 aromatic heterocycles. The van der Waals surface area contributed by atoms with Gasteiger partial charge < -0.3 is 21.1 Å². The zero-order chi connectivity index (χ0) is 19.7. The topological polar surface area (TPSA) is 76.4 Å². The normalized spacial score (nSPS) is 14.3. The SMILES string of the molecule is COc1cc(N/C(=C2\C(=O)Nc3ccc(N)cc32)c2ccccc2)ccc1C. The fraction of sp³-hybridized carbons (Fsp3) is 0.0870. The maximum absolute atomic E-state index is 12.9. The predicted molar refractivity (Wildman–Crippen MR) is 114 cm³/mol. The summed E-state index contributed by atoms with van der Waals surface area (Å²) in [7, 11) is 1.64. The molecule has 3 aromatic rings. The van der Waals surface area contributed by atoms with Crippen LogP contribution in [-0.2, 0) is 4.79 Å². The van der Waals surface area contributed by atoms with Gasteiger partial charge >= 0.3 is 0 Å². The quantitative estimate of drug-likeness (QED) is 0.466. The molecule has 4 N–H and O–H groups in total. The molecule has 0 radical (unpaired) electrons. The van der Waals surface area contributed by atoms with E-state index in [0.717, 1.165) is 33.8 Å². The van der Waals surface area contributed by atoms with E-state index in [1.807, 2.05) is 67.6 Å². The fourth-order valence-electron chi connectivity index (χ4n) is 3.36. The predicted octanol–water partition coefficient (Wildman–Crippen LogP) is 4.52. The molecule has 0 fully saturated rings. The first-order valence-corrected chi connectivity index (χ1v) is 8.99. The Morgan fingerprint density at radius 1 is 1.04 bits per heavy atom. The van der Waals surface area contributed by atoms with Gasteiger partial charge in [0.2, 0.25) is 0 Å². The fourth-order valence-corrected chi connectivity index (χ4v) is 3.36. The molecule has 0 spiro atoms. The van der Waals surface area contributed by atoms with Crippen LogP contribution in [-0.4, -0.2) is 13.0 Å². The molecule has 5 nitrogen and oxygen atoms in total. The maximum Gasteiger partial charge on any atom is 0.258 e. The number of aryl methyl sites for hydroxylation is 1. The molecule has 1 aliphatic rings. The Morgan fingerprint density at radius 2 is 1.82 bits per heavy atom. The molecule has 5 heteroatoms. The van der Waals surface area contributed by atoms with Gasteiger partial charge in [-0.3, -0.25) is 4.79 Å². The number of fused-ring (bicyclic) bond motifs is 1. The van der Waals surface area contributed by atoms with Gasteiger partial charge in [-0.1, -0.05) is 36.4 Å². The summed E-state index contributed by atoms with van der Waals surface area (Å²) >= 11 is 0. The number of anilines is 3. The lowest BCUT2D eigenvalue weighted by molar-refractivity contribution is -0.110. The van der Waals surface area contributed by atoms with Gasteiger partial charge in [0, 0.05) is 28.7 Å². The number of ether oxygens (including phenoxy) is 1. The number of hydrogen-bond donors (Lipinski definition) is 3. The van der Waals surface area contributed by atoms with E-state index >= 15 is 0 Å². The van der Waals surface area contributed by atoms with Crippen LogP contribution < -0.4 is 21.1 Å². The number of hydrogen-bond acceptors (Lipinski definition) is 4. The first kappa shape index (κ1) is 17.7. The Balaban J connectivity index is 1.90. The van der Waals surface area contributed by atoms with E-state index in [1.165, 1.54) is 0 Å². The van der Waals surface area contributed by atoms with Crippen LogP contribution in [0.25, 0.3) is 11.3 Å². The molecule has 0 aliphatic carbocycles. The highest BCUT2D eigenvalue weighted by Gasteiger charge is 2.28. The Kier molecular flexibility index (Phi) is 4.49. The molecule has 0 bridgehead atoms. The van der Waals surface area contributed by atoms with Crippen LogP contribution in [0.4, 0.5) is 17.1 Å². The molecule has 0 unspecified atom stereocenters. The van der Waals surface area contributed by atoms with Gasteiger partial charge in [-0.05, 0) is 42.3 Å². The number of rotatable bonds is 4. The third kappa shape index (κ3) is 3.18. The van der Waals surface area contributed by atoms with Gasteiger partial charge in [0.1, 0.15) is 5.75 Å². The lowest BCUT2D eigenvalue weighted by atomic mass is 9.99. The zero-order valence-corrected chi connectivity index (χ0v) is 15.7. The number of methoxy groups -OCH3 is 1. The van der Waals surface area contributed by atoms with E-state index in [2.05, 4.69) is 10.6 Å². The smallest absolute Gasteiger partial charge is 0.258 e. The summed E-state index contributed by atoms with van der Waals surface area (Å²) in [4.78, 5) is 12.9. The van der Waals surface area contributed by atoms with Crippen molar-refractivity contribution in [1.82, 2.24) is 0 Å². The molecule has 3 aromatic carbocycles. The Bertz CT molecular complexity index is 1090. The van der Waals surface area contributed by atoms with Crippen molar-refractivity contribution in [3.63, 3.8) is 0 Å². The average molecular weight is 371 g/mol. The van der Waals surface area contributed by atoms with Crippen molar-refractivity contribution in [1.29, 1.82) is 0 Å². The molecule has 1 heterocycles. The summed E-state index contributed by atoms with van der Waals surface area (Å²) in [6.07, 6.45) is 0. The Hall–Kier alpha value is -3.73. The second-order valence-electron chi connectivity index (χ2n) is 6.68. The van der Waals surface area contributed by atoms with E-state index in [1.54, 1.807) is 13.2 Å². The minimum Gasteiger partial charge on any atom is -0.496 e. The number of amides is 1. The molecule has 1 amide bonds. The molecular formula is C23H21N3O2. The van der Waals surface area contributed by atoms with E-state index in [-0.39, 0.29) is 5.91 Å². The van der Waals surface area contributed by atoms with Gasteiger partial charge in [0.25, 0.3) is 5.91 Å². The summed E-state index contributed by atoms with van der Waals surface area (Å²) < 4.78 is 5.44. The highest BCUT2D eigenvalue weighted by atomic mass is 16.5. The monoisotopic (exact) mass is 371 g/mol. The summed E-state index contributed by atoms with van der Waals surface area (Å²) in [6.45, 7) is 1.99. The number of carbonyl (C=O) groups is 1. The van der Waals surface area contributed by atoms with E-state index in [9.17, 15) is 4.79 Å². The van der Waals surface area contributed by atoms with Crippen molar-refractivity contribution in [2.24, 2.45) is 0 Å². The lowest BCUT2D eigenvalue weighted by Gasteiger charge is -2.16. The molecule has 140 valence electrons. The number of benzene rings is 3. The Morgan fingerprint density at radius 3 is 2.57 bits per heavy atom. The summed E-state index contributed by atoms with van der Waals surface area (Å²) in [6, 6.07) is 21.1. The van der Waals surface area contributed by atoms with Gasteiger partial charge in [-0.25, -0.2) is 0 Å². The molecule has 0 saturated carbocycles. The van der Waals surface area contributed by atoms with Crippen LogP contribution in [0.5, 0.6) is 5.75 Å². The van der Waals surface area contributed by atoms with Crippen molar-refractivity contribution < 1.29 is 9.53 Å². The van der Waals surface area contributed by atoms with Crippen LogP contribution in [0.3, 0.4) is 0 Å². The van der Waals surface area contributed by atoms with Gasteiger partial charge in [0.05, 0.1) is 18.4 Å². The van der Waals surface area contributed by atoms with Crippen LogP contribution in [0.2, 0.25) is 0 Å². The second-order valence-corrected chi connectivity index (χ2v) is 6.68. The molecule has 1 aliphatic heterocycles. The lowest BCUT2D eigenvalue weighted by Crippen LogP contribution is -2.10. The summed E-state index contributed by atoms with van der Waals surface area (Å²) in [5, 5.41) is 6.35. The molecule has 0 saturated heterocycles. The van der Waals surface area contributed by atoms with Crippen LogP contribution in [0.1, 0.15) is 16.7 Å². The third-order valence-corrected chi connectivity index (χ3v) is 4.78. The van der Waals surface area contributed by atoms with Crippen LogP contribution in [0, 0.1) is 6.92 Å². The van der Waals surface area contributed by atoms with Gasteiger partial charge in [-0.2, -0.15) is 0 Å². The number of nitrogen functional groups attached to an aromatic ring is 1. The van der Waals surface area contributed by atoms with Gasteiger partial charge in [0.15, 0.2) is 0 Å². The summed E-state index contributed by atoms with van der Waals surface area (Å²) in [5.74, 6) is 0.619. The summed E-state index contributed by atoms with van der Waals surface area (Å²) in [5.41, 5.74) is 12.2. The van der Waals surface area contributed by atoms with Crippen molar-refractivity contribution in [2.75, 3.05) is 23.5 Å². The maximum atomic E-state index is 12.9. The molecule has 4 rings (SSSR count). The third-order valence-electron chi connectivity index (χ3n) is 4.78. The minimum absolute atomic E-state index is 0.161. The largest absolute Gasteiger partial charge is 0.496 e. The van der Waals surface area contributed by atoms with Crippen molar-refractivity contribution in [2.45, 2.75) is 6.92 Å². The number of nitrogens with two attached hydrogens (primary N) is 1. The highest BCUT2D eigenvalue weighted by molar-refractivity contribution is 6.37. The highest BCUT2D eigenvalue weighted by Crippen LogP contribution is 2.38. The van der Waals surface area contributed by atoms with E-state index in [0.29, 0.717) is 17.0 Å². The first-order valence-electron chi connectivity index (χ1n) is 8.99. The van der Waals surface area contributed by atoms with E-state index in [4.69, 9.17) is 10.5 Å². The Labute approximate surface area is 163 Å². The standard InChI is InChI=1S/C23H21N3O2/c1-14-8-10-17(13-20(14)28-2)25-22(15-6-4-3-5-7-15)21-18-12-16(24)9-11-19(18)26-23(21)27/h3-13,25H,24H2,1-2H3,(H,26,27)/b22-21-. The molecular weight excluding hydrogens is 350 g/mol. The van der Waals surface area contributed by atoms with Crippen molar-refractivity contribution in [3.8, 4) is 5.75 Å². The van der Waals surface area contributed by atoms with Crippen molar-refractivity contribution in [3.05, 3.63) is 83.4 Å². The van der Waals surface area contributed by atoms with Gasteiger partial charge in [-0.15, -0.1) is 0 Å². The van der Waals surface area contributed by atoms with Crippen molar-refractivity contribution >= 4 is 34.2 Å². The second kappa shape index (κ2) is 7.12. The minimum atomic E-state index is -0.161. The first-order chi connectivity index (χ1) is 13.6. The zero-order valence-electron chi connectivity index (χ0n) is 15.7. The van der Waals surface area contributed by atoms with Crippen LogP contribution in [0.15, 0.2) is 66.7 Å². The molecule has 28 heavy (non-hydrogen) atoms.